The third-order valence-electron chi connectivity index (χ3n) is 19.2. The summed E-state index contributed by atoms with van der Waals surface area (Å²) < 4.78 is 71.2. The zero-order valence-corrected chi connectivity index (χ0v) is 75.2. The van der Waals surface area contributed by atoms with Gasteiger partial charge < -0.3 is 80.2 Å². The average Bonchev–Trinajstić information content (AvgIpc) is 0.780. The van der Waals surface area contributed by atoms with Crippen molar-refractivity contribution in [3.8, 4) is 0 Å². The van der Waals surface area contributed by atoms with Crippen molar-refractivity contribution >= 4 is 114 Å². The molecule has 0 aliphatic heterocycles. The predicted molar refractivity (Wildman–Crippen MR) is 479 cm³/mol. The van der Waals surface area contributed by atoms with E-state index in [9.17, 15) is 0 Å². The third-order valence-corrected chi connectivity index (χ3v) is 55.3. The number of hydrogen-bond donors (Lipinski definition) is 8. The van der Waals surface area contributed by atoms with Crippen LogP contribution >= 0.6 is 0 Å². The Hall–Kier alpha value is -6.46. The first kappa shape index (κ1) is 88.1. The lowest BCUT2D eigenvalue weighted by Crippen LogP contribution is -2.65. The van der Waals surface area contributed by atoms with Crippen LogP contribution in [-0.2, 0) is 37.7 Å². The van der Waals surface area contributed by atoms with E-state index in [0.29, 0.717) is 37.4 Å². The van der Waals surface area contributed by atoms with Crippen molar-refractivity contribution in [2.45, 2.75) is 166 Å². The van der Waals surface area contributed by atoms with Gasteiger partial charge in [-0.2, -0.15) is 0 Å². The smallest absolute Gasteiger partial charge is 0.326 e. The SMILES string of the molecule is CCO[Si](C)(CCCNc1ccccc1)O[Si](C)(CCCNc1ccccc1)O[Si](C)(CCCNc1ccccc1)O[Si](C)(CCCNc1ccccc1)O[Si](C)(CCCNc1ccccc1)O[Si](C)(CCCNc1ccccc1)O[Si](C)(CCCNc1ccccc1)O[Si](C)(CCCNc1ccccc1)OCC. The molecule has 0 aromatic heterocycles. The van der Waals surface area contributed by atoms with Crippen LogP contribution in [0.3, 0.4) is 0 Å². The molecule has 8 atom stereocenters. The van der Waals surface area contributed by atoms with E-state index in [1.54, 1.807) is 0 Å². The molecule has 0 saturated heterocycles. The van der Waals surface area contributed by atoms with E-state index < -0.39 is 68.5 Å². The van der Waals surface area contributed by atoms with Crippen LogP contribution in [0.1, 0.15) is 65.2 Å². The highest BCUT2D eigenvalue weighted by atomic mass is 28.5. The summed E-state index contributed by atoms with van der Waals surface area (Å²) >= 11 is 0. The molecular weight excluding hydrogens is 1490 g/mol. The van der Waals surface area contributed by atoms with E-state index in [4.69, 9.17) is 37.7 Å². The summed E-state index contributed by atoms with van der Waals surface area (Å²) in [5, 5.41) is 29.8. The molecule has 0 aliphatic rings. The van der Waals surface area contributed by atoms with Gasteiger partial charge in [-0.15, -0.1) is 0 Å². The first-order valence-electron chi connectivity index (χ1n) is 40.2. The maximum Gasteiger partial charge on any atom is 0.326 e. The summed E-state index contributed by atoms with van der Waals surface area (Å²) in [7, 11) is -26.2. The van der Waals surface area contributed by atoms with Gasteiger partial charge in [-0.3, -0.25) is 0 Å². The van der Waals surface area contributed by atoms with Gasteiger partial charge in [0.15, 0.2) is 0 Å². The van der Waals surface area contributed by atoms with Crippen LogP contribution in [0.4, 0.5) is 45.5 Å². The number of benzene rings is 8. The van der Waals surface area contributed by atoms with Crippen LogP contribution in [0.15, 0.2) is 243 Å². The molecule has 0 saturated carbocycles. The van der Waals surface area contributed by atoms with Crippen LogP contribution in [0.25, 0.3) is 0 Å². The molecule has 8 N–H and O–H groups in total. The normalized spacial score (nSPS) is 16.0. The maximum absolute atomic E-state index is 8.42. The summed E-state index contributed by atoms with van der Waals surface area (Å²) in [5.74, 6) is 0. The van der Waals surface area contributed by atoms with Crippen LogP contribution in [0, 0.1) is 0 Å². The van der Waals surface area contributed by atoms with Crippen LogP contribution in [0.2, 0.25) is 101 Å². The quantitative estimate of drug-likeness (QED) is 0.0133. The molecule has 0 radical (unpaired) electrons. The van der Waals surface area contributed by atoms with Gasteiger partial charge in [0.25, 0.3) is 0 Å². The zero-order chi connectivity index (χ0) is 77.3. The standard InChI is InChI=1S/C84H130N8O9Si8/c1-11-93-102(3,69-37-61-85-77-45-21-13-22-46-77)95-104(5,71-39-63-87-79-49-25-15-26-50-79)97-106(7,73-41-65-89-81-53-29-17-30-54-81)99-108(9,75-43-67-91-83-57-33-19-34-58-83)101-109(10,76-44-68-92-84-59-35-20-36-60-84)100-107(8,74-42-66-90-82-55-31-18-32-56-82)98-105(6,72-40-64-88-80-51-27-16-28-52-80)96-103(4,94-12-2)70-38-62-86-78-47-23-14-24-48-78/h13-36,45-60,85-92H,11-12,37-44,61-76H2,1-10H3. The Labute approximate surface area is 663 Å². The van der Waals surface area contributed by atoms with Crippen LogP contribution in [-0.4, -0.2) is 134 Å². The summed E-state index contributed by atoms with van der Waals surface area (Å²) in [6.07, 6.45) is 6.58. The summed E-state index contributed by atoms with van der Waals surface area (Å²) in [6, 6.07) is 89.6. The molecule has 592 valence electrons. The lowest BCUT2D eigenvalue weighted by molar-refractivity contribution is 0.214. The van der Waals surface area contributed by atoms with Gasteiger partial charge in [0.2, 0.25) is 0 Å². The van der Waals surface area contributed by atoms with Gasteiger partial charge in [-0.05, 0) is 263 Å². The van der Waals surface area contributed by atoms with Crippen molar-refractivity contribution in [1.82, 2.24) is 0 Å². The molecular formula is C84H130N8O9Si8. The van der Waals surface area contributed by atoms with Gasteiger partial charge in [0, 0.05) is 111 Å². The fourth-order valence-electron chi connectivity index (χ4n) is 14.4. The molecule has 8 aromatic rings. The number of para-hydroxylation sites is 8. The summed E-state index contributed by atoms with van der Waals surface area (Å²) in [4.78, 5) is 0. The van der Waals surface area contributed by atoms with Gasteiger partial charge >= 0.3 is 68.5 Å². The highest BCUT2D eigenvalue weighted by Gasteiger charge is 2.56. The minimum Gasteiger partial charge on any atom is -0.416 e. The Kier molecular flexibility index (Phi) is 37.6. The number of rotatable bonds is 58. The Morgan fingerprint density at radius 3 is 0.431 bits per heavy atom. The fourth-order valence-corrected chi connectivity index (χ4v) is 57.5. The molecule has 8 aromatic carbocycles. The predicted octanol–water partition coefficient (Wildman–Crippen LogP) is 21.8. The Morgan fingerprint density at radius 1 is 0.183 bits per heavy atom. The molecule has 0 aliphatic carbocycles. The van der Waals surface area contributed by atoms with Crippen molar-refractivity contribution in [2.75, 3.05) is 108 Å². The van der Waals surface area contributed by atoms with E-state index in [1.165, 1.54) is 0 Å². The summed E-state index contributed by atoms with van der Waals surface area (Å²) in [5.41, 5.74) is 8.69. The number of anilines is 8. The monoisotopic (exact) mass is 1620 g/mol. The van der Waals surface area contributed by atoms with Crippen molar-refractivity contribution in [3.63, 3.8) is 0 Å². The van der Waals surface area contributed by atoms with Crippen LogP contribution < -0.4 is 42.5 Å². The lowest BCUT2D eigenvalue weighted by Gasteiger charge is -2.48. The van der Waals surface area contributed by atoms with E-state index in [0.717, 1.165) is 173 Å². The third kappa shape index (κ3) is 34.2. The molecule has 25 heteroatoms. The first-order valence-corrected chi connectivity index (χ1v) is 60.4. The second-order valence-corrected chi connectivity index (χ2v) is 58.3. The topological polar surface area (TPSA) is 179 Å². The lowest BCUT2D eigenvalue weighted by atomic mass is 10.3. The molecule has 8 unspecified atom stereocenters. The number of nitrogens with one attached hydrogen (secondary N) is 8. The highest BCUT2D eigenvalue weighted by molar-refractivity contribution is 6.93. The Bertz CT molecular complexity index is 3470. The Morgan fingerprint density at radius 2 is 0.303 bits per heavy atom. The molecule has 0 amide bonds. The van der Waals surface area contributed by atoms with Gasteiger partial charge in [0.05, 0.1) is 0 Å². The molecule has 109 heavy (non-hydrogen) atoms. The summed E-state index contributed by atoms with van der Waals surface area (Å²) in [6.45, 7) is 29.6. The number of hydrogen-bond acceptors (Lipinski definition) is 17. The maximum atomic E-state index is 8.42. The van der Waals surface area contributed by atoms with E-state index in [1.807, 2.05) is 0 Å². The van der Waals surface area contributed by atoms with Crippen molar-refractivity contribution in [3.05, 3.63) is 243 Å². The van der Waals surface area contributed by atoms with E-state index >= 15 is 0 Å². The fraction of sp³-hybridized carbons (Fsp3) is 0.429. The minimum atomic E-state index is -3.49. The minimum absolute atomic E-state index is 0.542. The molecule has 17 nitrogen and oxygen atoms in total. The molecule has 0 fully saturated rings. The highest BCUT2D eigenvalue weighted by Crippen LogP contribution is 2.40. The first-order chi connectivity index (χ1) is 52.7. The Balaban J connectivity index is 1.20. The van der Waals surface area contributed by atoms with Crippen molar-refractivity contribution < 1.29 is 37.7 Å². The van der Waals surface area contributed by atoms with Crippen molar-refractivity contribution in [2.24, 2.45) is 0 Å². The molecule has 0 heterocycles. The van der Waals surface area contributed by atoms with Crippen LogP contribution in [0.5, 0.6) is 0 Å². The average molecular weight is 1620 g/mol. The molecule has 8 rings (SSSR count). The van der Waals surface area contributed by atoms with E-state index in [2.05, 4.69) is 351 Å². The van der Waals surface area contributed by atoms with Gasteiger partial charge in [-0.1, -0.05) is 146 Å². The van der Waals surface area contributed by atoms with E-state index in [-0.39, 0.29) is 0 Å². The van der Waals surface area contributed by atoms with Gasteiger partial charge in [0.1, 0.15) is 0 Å². The molecule has 0 bridgehead atoms. The molecule has 0 spiro atoms. The largest absolute Gasteiger partial charge is 0.416 e. The van der Waals surface area contributed by atoms with Gasteiger partial charge in [-0.25, -0.2) is 0 Å². The second-order valence-electron chi connectivity index (χ2n) is 29.8. The van der Waals surface area contributed by atoms with Crippen molar-refractivity contribution in [1.29, 1.82) is 0 Å². The zero-order valence-electron chi connectivity index (χ0n) is 67.2. The second kappa shape index (κ2) is 46.5.